The van der Waals surface area contributed by atoms with Crippen LogP contribution in [0, 0.1) is 0 Å². The van der Waals surface area contributed by atoms with Crippen molar-refractivity contribution >= 4 is 17.5 Å². The number of benzene rings is 2. The largest absolute Gasteiger partial charge is 0.504 e. The molecule has 5 heteroatoms. The first-order valence-electron chi connectivity index (χ1n) is 5.13. The number of ether oxygens (including phenoxy) is 1. The molecule has 2 aromatic carbocycles. The van der Waals surface area contributed by atoms with Crippen LogP contribution in [0.25, 0.3) is 0 Å². The van der Waals surface area contributed by atoms with Gasteiger partial charge in [0, 0.05) is 5.56 Å². The Morgan fingerprint density at radius 1 is 1.17 bits per heavy atom. The van der Waals surface area contributed by atoms with Crippen LogP contribution < -0.4 is 10.5 Å². The highest BCUT2D eigenvalue weighted by molar-refractivity contribution is 6.32. The van der Waals surface area contributed by atoms with Crippen molar-refractivity contribution in [3.8, 4) is 17.2 Å². The van der Waals surface area contributed by atoms with E-state index in [2.05, 4.69) is 0 Å². The highest BCUT2D eigenvalue weighted by atomic mass is 35.5. The topological polar surface area (TPSA) is 72.6 Å². The summed E-state index contributed by atoms with van der Waals surface area (Å²) in [6.45, 7) is 0. The van der Waals surface area contributed by atoms with E-state index in [0.717, 1.165) is 0 Å². The molecule has 18 heavy (non-hydrogen) atoms. The maximum atomic E-state index is 11.0. The number of para-hydroxylation sites is 2. The minimum atomic E-state index is -0.564. The van der Waals surface area contributed by atoms with Crippen LogP contribution in [0.1, 0.15) is 10.4 Å². The molecule has 0 fully saturated rings. The first-order chi connectivity index (χ1) is 8.58. The second-order valence-electron chi connectivity index (χ2n) is 3.58. The van der Waals surface area contributed by atoms with Crippen molar-refractivity contribution in [1.29, 1.82) is 0 Å². The van der Waals surface area contributed by atoms with Crippen LogP contribution in [-0.2, 0) is 0 Å². The van der Waals surface area contributed by atoms with E-state index >= 15 is 0 Å². The molecule has 92 valence electrons. The zero-order valence-corrected chi connectivity index (χ0v) is 10.0. The van der Waals surface area contributed by atoms with Crippen molar-refractivity contribution in [2.75, 3.05) is 0 Å². The van der Waals surface area contributed by atoms with Gasteiger partial charge >= 0.3 is 0 Å². The Bertz CT molecular complexity index is 599. The van der Waals surface area contributed by atoms with Crippen LogP contribution in [-0.4, -0.2) is 11.0 Å². The lowest BCUT2D eigenvalue weighted by molar-refractivity contribution is 0.100. The van der Waals surface area contributed by atoms with Crippen molar-refractivity contribution in [3.63, 3.8) is 0 Å². The van der Waals surface area contributed by atoms with Gasteiger partial charge in [-0.25, -0.2) is 0 Å². The first kappa shape index (κ1) is 12.3. The van der Waals surface area contributed by atoms with Crippen molar-refractivity contribution in [2.24, 2.45) is 5.73 Å². The number of phenols is 1. The van der Waals surface area contributed by atoms with Gasteiger partial charge in [-0.1, -0.05) is 23.7 Å². The van der Waals surface area contributed by atoms with Crippen LogP contribution in [0.4, 0.5) is 0 Å². The van der Waals surface area contributed by atoms with Crippen molar-refractivity contribution in [3.05, 3.63) is 53.1 Å². The highest BCUT2D eigenvalue weighted by Crippen LogP contribution is 2.34. The highest BCUT2D eigenvalue weighted by Gasteiger charge is 2.09. The van der Waals surface area contributed by atoms with Crippen LogP contribution in [0.2, 0.25) is 5.02 Å². The third-order valence-corrected chi connectivity index (χ3v) is 2.60. The molecule has 0 atom stereocenters. The summed E-state index contributed by atoms with van der Waals surface area (Å²) in [5.41, 5.74) is 5.43. The fourth-order valence-electron chi connectivity index (χ4n) is 1.40. The van der Waals surface area contributed by atoms with Gasteiger partial charge in [0.05, 0.1) is 5.02 Å². The van der Waals surface area contributed by atoms with Gasteiger partial charge in [-0.15, -0.1) is 0 Å². The number of halogens is 1. The number of amides is 1. The third-order valence-electron chi connectivity index (χ3n) is 2.30. The van der Waals surface area contributed by atoms with E-state index in [-0.39, 0.29) is 16.5 Å². The first-order valence-corrected chi connectivity index (χ1v) is 5.51. The van der Waals surface area contributed by atoms with Gasteiger partial charge in [0.15, 0.2) is 11.5 Å². The molecule has 1 amide bonds. The third kappa shape index (κ3) is 2.55. The fourth-order valence-corrected chi connectivity index (χ4v) is 1.62. The van der Waals surface area contributed by atoms with Crippen LogP contribution in [0.5, 0.6) is 17.2 Å². The van der Waals surface area contributed by atoms with Gasteiger partial charge < -0.3 is 15.6 Å². The van der Waals surface area contributed by atoms with E-state index < -0.39 is 5.91 Å². The maximum absolute atomic E-state index is 11.0. The monoisotopic (exact) mass is 263 g/mol. The lowest BCUT2D eigenvalue weighted by Gasteiger charge is -2.09. The van der Waals surface area contributed by atoms with Crippen LogP contribution >= 0.6 is 11.6 Å². The second-order valence-corrected chi connectivity index (χ2v) is 3.99. The molecule has 0 aliphatic heterocycles. The average molecular weight is 264 g/mol. The van der Waals surface area contributed by atoms with Gasteiger partial charge in [0.25, 0.3) is 0 Å². The summed E-state index contributed by atoms with van der Waals surface area (Å²) in [4.78, 5) is 11.0. The van der Waals surface area contributed by atoms with Gasteiger partial charge in [0.2, 0.25) is 5.91 Å². The molecule has 0 aliphatic rings. The number of aromatic hydroxyl groups is 1. The number of hydrogen-bond acceptors (Lipinski definition) is 3. The number of primary amides is 1. The number of rotatable bonds is 3. The fraction of sp³-hybridized carbons (Fsp3) is 0. The Balaban J connectivity index is 2.30. The number of nitrogens with two attached hydrogens (primary N) is 1. The summed E-state index contributed by atoms with van der Waals surface area (Å²) in [6, 6.07) is 11.0. The smallest absolute Gasteiger partial charge is 0.248 e. The number of phenolic OH excluding ortho intramolecular Hbond substituents is 1. The van der Waals surface area contributed by atoms with Gasteiger partial charge in [0.1, 0.15) is 5.75 Å². The Kier molecular flexibility index (Phi) is 3.39. The molecule has 0 bridgehead atoms. The Hall–Kier alpha value is -2.20. The van der Waals surface area contributed by atoms with E-state index in [1.165, 1.54) is 24.3 Å². The SMILES string of the molecule is NC(=O)c1ccc(Oc2ccccc2O)c(Cl)c1. The van der Waals surface area contributed by atoms with Crippen LogP contribution in [0.3, 0.4) is 0 Å². The van der Waals surface area contributed by atoms with E-state index in [1.54, 1.807) is 18.2 Å². The Labute approximate surface area is 109 Å². The summed E-state index contributed by atoms with van der Waals surface area (Å²) >= 11 is 5.96. The molecule has 0 aromatic heterocycles. The van der Waals surface area contributed by atoms with Gasteiger partial charge in [-0.05, 0) is 30.3 Å². The summed E-state index contributed by atoms with van der Waals surface area (Å²) < 4.78 is 5.44. The zero-order chi connectivity index (χ0) is 13.1. The summed E-state index contributed by atoms with van der Waals surface area (Å²) in [6.07, 6.45) is 0. The van der Waals surface area contributed by atoms with Crippen molar-refractivity contribution in [2.45, 2.75) is 0 Å². The predicted octanol–water partition coefficient (Wildman–Crippen LogP) is 2.94. The standard InChI is InChI=1S/C13H10ClNO3/c14-9-7-8(13(15)17)5-6-11(9)18-12-4-2-1-3-10(12)16/h1-7,16H,(H2,15,17). The number of hydrogen-bond donors (Lipinski definition) is 2. The molecule has 0 radical (unpaired) electrons. The molecule has 0 spiro atoms. The number of carbonyl (C=O) groups is 1. The normalized spacial score (nSPS) is 10.1. The molecular formula is C13H10ClNO3. The number of carbonyl (C=O) groups excluding carboxylic acids is 1. The molecule has 0 saturated carbocycles. The summed E-state index contributed by atoms with van der Waals surface area (Å²) in [5.74, 6) is 0.0629. The Morgan fingerprint density at radius 2 is 1.89 bits per heavy atom. The molecule has 3 N–H and O–H groups in total. The quantitative estimate of drug-likeness (QED) is 0.894. The summed E-state index contributed by atoms with van der Waals surface area (Å²) in [5, 5.41) is 9.81. The molecular weight excluding hydrogens is 254 g/mol. The van der Waals surface area contributed by atoms with Gasteiger partial charge in [-0.2, -0.15) is 0 Å². The minimum Gasteiger partial charge on any atom is -0.504 e. The lowest BCUT2D eigenvalue weighted by Crippen LogP contribution is -2.10. The maximum Gasteiger partial charge on any atom is 0.248 e. The summed E-state index contributed by atoms with van der Waals surface area (Å²) in [7, 11) is 0. The van der Waals surface area contributed by atoms with Gasteiger partial charge in [-0.3, -0.25) is 4.79 Å². The Morgan fingerprint density at radius 3 is 2.50 bits per heavy atom. The lowest BCUT2D eigenvalue weighted by atomic mass is 10.2. The molecule has 0 aliphatic carbocycles. The zero-order valence-electron chi connectivity index (χ0n) is 9.26. The minimum absolute atomic E-state index is 0.00699. The molecule has 0 saturated heterocycles. The molecule has 0 heterocycles. The van der Waals surface area contributed by atoms with E-state index in [0.29, 0.717) is 11.3 Å². The molecule has 4 nitrogen and oxygen atoms in total. The van der Waals surface area contributed by atoms with E-state index in [1.807, 2.05) is 0 Å². The molecule has 2 aromatic rings. The predicted molar refractivity (Wildman–Crippen MR) is 68.2 cm³/mol. The average Bonchev–Trinajstić information content (AvgIpc) is 2.34. The second kappa shape index (κ2) is 4.98. The van der Waals surface area contributed by atoms with E-state index in [9.17, 15) is 9.90 Å². The van der Waals surface area contributed by atoms with Crippen LogP contribution in [0.15, 0.2) is 42.5 Å². The van der Waals surface area contributed by atoms with E-state index in [4.69, 9.17) is 22.1 Å². The molecule has 0 unspecified atom stereocenters. The molecule has 2 rings (SSSR count). The van der Waals surface area contributed by atoms with Crippen molar-refractivity contribution in [1.82, 2.24) is 0 Å². The van der Waals surface area contributed by atoms with Crippen molar-refractivity contribution < 1.29 is 14.6 Å².